The molecule has 1 aromatic carbocycles. The van der Waals surface area contributed by atoms with Gasteiger partial charge in [0.1, 0.15) is 5.82 Å². The van der Waals surface area contributed by atoms with E-state index in [0.717, 1.165) is 5.56 Å². The Labute approximate surface area is 79.2 Å². The minimum absolute atomic E-state index is 0.292. The van der Waals surface area contributed by atoms with Crippen LogP contribution in [0.4, 0.5) is 4.39 Å². The van der Waals surface area contributed by atoms with Gasteiger partial charge in [-0.15, -0.1) is 5.46 Å². The summed E-state index contributed by atoms with van der Waals surface area (Å²) in [5, 5.41) is -1.93. The van der Waals surface area contributed by atoms with Crippen LogP contribution >= 0.6 is 22.9 Å². The lowest BCUT2D eigenvalue weighted by atomic mass is 9.84. The molecule has 0 radical (unpaired) electrons. The van der Waals surface area contributed by atoms with Gasteiger partial charge in [-0.3, -0.25) is 0 Å². The Hall–Kier alpha value is -0.245. The monoisotopic (exact) mass is 205 g/mol. The average molecular weight is 206 g/mol. The van der Waals surface area contributed by atoms with E-state index in [1.54, 1.807) is 6.07 Å². The summed E-state index contributed by atoms with van der Waals surface area (Å²) in [7, 11) is 0. The van der Waals surface area contributed by atoms with Gasteiger partial charge < -0.3 is 27.6 Å². The van der Waals surface area contributed by atoms with Gasteiger partial charge >= 0.3 is 5.18 Å². The fourth-order valence-corrected chi connectivity index (χ4v) is 1.86. The summed E-state index contributed by atoms with van der Waals surface area (Å²) in [6.45, 7) is 0.292. The van der Waals surface area contributed by atoms with Crippen LogP contribution in [0.2, 0.25) is 0 Å². The molecule has 1 aromatic rings. The molecule has 0 saturated heterocycles. The number of rotatable bonds is 0. The van der Waals surface area contributed by atoms with E-state index < -0.39 is 5.18 Å². The molecule has 12 heavy (non-hydrogen) atoms. The van der Waals surface area contributed by atoms with Crippen molar-refractivity contribution in [3.8, 4) is 0 Å². The molecule has 0 fully saturated rings. The Bertz CT molecular complexity index is 329. The lowest BCUT2D eigenvalue weighted by Gasteiger charge is -2.21. The van der Waals surface area contributed by atoms with Crippen molar-refractivity contribution in [2.75, 3.05) is 0 Å². The largest absolute Gasteiger partial charge is 0.559 e. The van der Waals surface area contributed by atoms with E-state index in [9.17, 15) is 4.39 Å². The first-order chi connectivity index (χ1) is 5.59. The minimum Gasteiger partial charge on any atom is -0.559 e. The molecule has 2 rings (SSSR count). The van der Waals surface area contributed by atoms with Crippen LogP contribution in [0.15, 0.2) is 18.2 Å². The zero-order valence-corrected chi connectivity index (χ0v) is 7.57. The van der Waals surface area contributed by atoms with E-state index in [-0.39, 0.29) is 5.82 Å². The summed E-state index contributed by atoms with van der Waals surface area (Å²) < 4.78 is 17.8. The van der Waals surface area contributed by atoms with E-state index in [4.69, 9.17) is 27.6 Å². The molecule has 0 unspecified atom stereocenters. The zero-order valence-electron chi connectivity index (χ0n) is 6.06. The van der Waals surface area contributed by atoms with E-state index in [0.29, 0.717) is 12.1 Å². The summed E-state index contributed by atoms with van der Waals surface area (Å²) in [6.07, 6.45) is 0. The smallest absolute Gasteiger partial charge is 0.314 e. The summed E-state index contributed by atoms with van der Waals surface area (Å²) in [4.78, 5) is 0. The molecular weight excluding hydrogens is 201 g/mol. The Kier molecular flexibility index (Phi) is 1.83. The summed E-state index contributed by atoms with van der Waals surface area (Å²) in [5.41, 5.74) is 1.43. The summed E-state index contributed by atoms with van der Waals surface area (Å²) >= 11 is 11.7. The van der Waals surface area contributed by atoms with Crippen LogP contribution in [-0.2, 0) is 11.3 Å². The molecule has 0 amide bonds. The third kappa shape index (κ3) is 1.22. The van der Waals surface area contributed by atoms with Crippen LogP contribution < -0.4 is 5.46 Å². The standard InChI is InChI=1S/C7H5BCl2FO/c9-8(10)7-2-1-6(11)3-5(7)4-12-8/h1-3H,4H2/q-1. The highest BCUT2D eigenvalue weighted by molar-refractivity contribution is 7.48. The fourth-order valence-electron chi connectivity index (χ4n) is 1.31. The van der Waals surface area contributed by atoms with Gasteiger partial charge in [-0.1, -0.05) is 11.6 Å². The fraction of sp³-hybridized carbons (Fsp3) is 0.143. The van der Waals surface area contributed by atoms with Crippen LogP contribution in [0.5, 0.6) is 0 Å². The lowest BCUT2D eigenvalue weighted by molar-refractivity contribution is 0.335. The van der Waals surface area contributed by atoms with Gasteiger partial charge in [0.05, 0.1) is 0 Å². The molecular formula is C7H5BCl2FO-. The SMILES string of the molecule is Fc1ccc2c(c1)CO[B-]2(Cl)Cl. The summed E-state index contributed by atoms with van der Waals surface area (Å²) in [6, 6.07) is 4.29. The predicted molar refractivity (Wildman–Crippen MR) is 48.3 cm³/mol. The molecule has 1 aliphatic rings. The van der Waals surface area contributed by atoms with Crippen LogP contribution in [0.25, 0.3) is 0 Å². The van der Waals surface area contributed by atoms with Crippen LogP contribution in [0, 0.1) is 5.82 Å². The van der Waals surface area contributed by atoms with Crippen molar-refractivity contribution in [1.29, 1.82) is 0 Å². The molecule has 5 heteroatoms. The van der Waals surface area contributed by atoms with Gasteiger partial charge in [-0.2, -0.15) is 0 Å². The van der Waals surface area contributed by atoms with Gasteiger partial charge in [0.15, 0.2) is 0 Å². The number of fused-ring (bicyclic) bond motifs is 1. The lowest BCUT2D eigenvalue weighted by Crippen LogP contribution is -2.34. The molecule has 1 nitrogen and oxygen atoms in total. The molecule has 1 heterocycles. The highest BCUT2D eigenvalue weighted by Gasteiger charge is 2.29. The van der Waals surface area contributed by atoms with Crippen molar-refractivity contribution < 1.29 is 9.04 Å². The number of hydrogen-bond donors (Lipinski definition) is 0. The maximum atomic E-state index is 12.7. The van der Waals surface area contributed by atoms with Crippen molar-refractivity contribution in [3.63, 3.8) is 0 Å². The highest BCUT2D eigenvalue weighted by Crippen LogP contribution is 2.26. The minimum atomic E-state index is -1.93. The molecule has 0 bridgehead atoms. The highest BCUT2D eigenvalue weighted by atomic mass is 35.5. The van der Waals surface area contributed by atoms with Crippen molar-refractivity contribution >= 4 is 33.6 Å². The van der Waals surface area contributed by atoms with Gasteiger partial charge in [-0.25, -0.2) is 4.39 Å². The first-order valence-corrected chi connectivity index (χ1v) is 4.40. The second kappa shape index (κ2) is 2.62. The molecule has 0 aromatic heterocycles. The van der Waals surface area contributed by atoms with Gasteiger partial charge in [0.25, 0.3) is 0 Å². The van der Waals surface area contributed by atoms with E-state index in [2.05, 4.69) is 0 Å². The number of hydrogen-bond acceptors (Lipinski definition) is 1. The second-order valence-electron chi connectivity index (χ2n) is 2.75. The first kappa shape index (κ1) is 8.36. The van der Waals surface area contributed by atoms with Gasteiger partial charge in [0.2, 0.25) is 0 Å². The maximum Gasteiger partial charge on any atom is 0.314 e. The molecule has 64 valence electrons. The van der Waals surface area contributed by atoms with Crippen molar-refractivity contribution in [3.05, 3.63) is 29.6 Å². The Morgan fingerprint density at radius 1 is 1.42 bits per heavy atom. The van der Waals surface area contributed by atoms with Gasteiger partial charge in [-0.05, 0) is 12.1 Å². The van der Waals surface area contributed by atoms with Crippen molar-refractivity contribution in [2.45, 2.75) is 6.61 Å². The van der Waals surface area contributed by atoms with Gasteiger partial charge in [0, 0.05) is 6.61 Å². The normalized spacial score (nSPS) is 19.2. The second-order valence-corrected chi connectivity index (χ2v) is 4.20. The Balaban J connectivity index is 2.55. The Morgan fingerprint density at radius 2 is 2.17 bits per heavy atom. The van der Waals surface area contributed by atoms with Crippen molar-refractivity contribution in [1.82, 2.24) is 0 Å². The number of benzene rings is 1. The van der Waals surface area contributed by atoms with E-state index in [1.807, 2.05) is 0 Å². The maximum absolute atomic E-state index is 12.7. The topological polar surface area (TPSA) is 9.23 Å². The van der Waals surface area contributed by atoms with Crippen LogP contribution in [-0.4, -0.2) is 5.18 Å². The number of halogens is 3. The van der Waals surface area contributed by atoms with Crippen molar-refractivity contribution in [2.24, 2.45) is 0 Å². The van der Waals surface area contributed by atoms with Crippen LogP contribution in [0.3, 0.4) is 0 Å². The molecule has 0 saturated carbocycles. The molecule has 0 atom stereocenters. The van der Waals surface area contributed by atoms with E-state index in [1.165, 1.54) is 12.1 Å². The molecule has 0 spiro atoms. The predicted octanol–water partition coefficient (Wildman–Crippen LogP) is 1.98. The summed E-state index contributed by atoms with van der Waals surface area (Å²) in [5.74, 6) is -0.292. The van der Waals surface area contributed by atoms with E-state index >= 15 is 0 Å². The third-order valence-corrected chi connectivity index (χ3v) is 2.64. The first-order valence-electron chi connectivity index (χ1n) is 3.53. The quantitative estimate of drug-likeness (QED) is 0.589. The zero-order chi connectivity index (χ0) is 8.77. The van der Waals surface area contributed by atoms with Crippen LogP contribution in [0.1, 0.15) is 5.56 Å². The molecule has 1 aliphatic heterocycles. The average Bonchev–Trinajstić information content (AvgIpc) is 2.27. The molecule has 0 aliphatic carbocycles. The third-order valence-electron chi connectivity index (χ3n) is 1.92. The Morgan fingerprint density at radius 3 is 2.92 bits per heavy atom. The molecule has 0 N–H and O–H groups in total.